The third-order valence-electron chi connectivity index (χ3n) is 6.66. The summed E-state index contributed by atoms with van der Waals surface area (Å²) in [7, 11) is 0. The van der Waals surface area contributed by atoms with Crippen LogP contribution in [0.25, 0.3) is 6.08 Å². The molecule has 1 atom stereocenters. The minimum absolute atomic E-state index is 0.0948. The van der Waals surface area contributed by atoms with Crippen molar-refractivity contribution in [2.24, 2.45) is 0 Å². The van der Waals surface area contributed by atoms with Gasteiger partial charge in [-0.05, 0) is 54.3 Å². The molecular weight excluding hydrogens is 602 g/mol. The predicted molar refractivity (Wildman–Crippen MR) is 170 cm³/mol. The number of benzene rings is 3. The maximum atomic E-state index is 14.2. The van der Waals surface area contributed by atoms with Crippen LogP contribution in [0.3, 0.4) is 0 Å². The van der Waals surface area contributed by atoms with Crippen LogP contribution in [0.2, 0.25) is 0 Å². The highest BCUT2D eigenvalue weighted by Crippen LogP contribution is 2.45. The summed E-state index contributed by atoms with van der Waals surface area (Å²) in [6, 6.07) is 19.9. The third-order valence-corrected chi connectivity index (χ3v) is 8.76. The zero-order chi connectivity index (χ0) is 31.1. The van der Waals surface area contributed by atoms with Gasteiger partial charge < -0.3 is 14.6 Å². The Balaban J connectivity index is 1.52. The summed E-state index contributed by atoms with van der Waals surface area (Å²) in [5, 5.41) is 19.7. The maximum absolute atomic E-state index is 14.2. The average molecular weight is 632 g/mol. The van der Waals surface area contributed by atoms with Gasteiger partial charge in [0.05, 0.1) is 24.8 Å². The molecule has 1 N–H and O–H groups in total. The molecule has 44 heavy (non-hydrogen) atoms. The smallest absolute Gasteiger partial charge is 0.296 e. The second kappa shape index (κ2) is 14.3. The second-order valence-corrected chi connectivity index (χ2v) is 11.8. The van der Waals surface area contributed by atoms with Gasteiger partial charge in [-0.25, -0.2) is 4.39 Å². The number of amides is 1. The molecule has 1 aliphatic heterocycles. The minimum Gasteiger partial charge on any atom is -0.503 e. The Morgan fingerprint density at radius 3 is 2.57 bits per heavy atom. The van der Waals surface area contributed by atoms with Crippen LogP contribution in [0.4, 0.5) is 9.52 Å². The largest absolute Gasteiger partial charge is 0.503 e. The van der Waals surface area contributed by atoms with Gasteiger partial charge in [0.1, 0.15) is 5.82 Å². The number of ether oxygens (including phenoxy) is 2. The molecule has 0 radical (unpaired) electrons. The Hall–Kier alpha value is -4.48. The molecular formula is C33H30FN3O5S2. The number of aliphatic hydroxyl groups is 1. The number of aliphatic hydroxyl groups excluding tert-OH is 1. The monoisotopic (exact) mass is 631 g/mol. The molecule has 8 nitrogen and oxygen atoms in total. The molecule has 11 heteroatoms. The van der Waals surface area contributed by atoms with E-state index in [0.717, 1.165) is 23.3 Å². The van der Waals surface area contributed by atoms with Crippen LogP contribution < -0.4 is 14.4 Å². The summed E-state index contributed by atoms with van der Waals surface area (Å²) in [6.07, 6.45) is 3.76. The van der Waals surface area contributed by atoms with Crippen LogP contribution in [0, 0.1) is 5.82 Å². The summed E-state index contributed by atoms with van der Waals surface area (Å²) in [6.45, 7) is 4.69. The molecule has 5 rings (SSSR count). The van der Waals surface area contributed by atoms with Crippen molar-refractivity contribution in [2.45, 2.75) is 36.4 Å². The third kappa shape index (κ3) is 6.84. The SMILES string of the molecule is CCCOc1ccc(C2C(C(=O)C=Cc3ccccc3)=C(O)C(=O)N2c2nnc(SCc3ccccc3F)s2)cc1OCC. The molecule has 0 bridgehead atoms. The summed E-state index contributed by atoms with van der Waals surface area (Å²) in [5.41, 5.74) is 1.72. The summed E-state index contributed by atoms with van der Waals surface area (Å²) in [5.74, 6) is -1.02. The number of aromatic nitrogens is 2. The lowest BCUT2D eigenvalue weighted by Crippen LogP contribution is -2.31. The van der Waals surface area contributed by atoms with Crippen molar-refractivity contribution >= 4 is 46.0 Å². The first-order chi connectivity index (χ1) is 21.4. The molecule has 0 saturated carbocycles. The number of hydrogen-bond acceptors (Lipinski definition) is 9. The number of rotatable bonds is 13. The lowest BCUT2D eigenvalue weighted by Gasteiger charge is -2.24. The zero-order valence-corrected chi connectivity index (χ0v) is 25.7. The molecule has 226 valence electrons. The van der Waals surface area contributed by atoms with Crippen LogP contribution in [-0.2, 0) is 15.3 Å². The fourth-order valence-electron chi connectivity index (χ4n) is 4.60. The van der Waals surface area contributed by atoms with Gasteiger partial charge in [-0.3, -0.25) is 14.5 Å². The van der Waals surface area contributed by atoms with Gasteiger partial charge in [0.25, 0.3) is 5.91 Å². The van der Waals surface area contributed by atoms with E-state index in [1.165, 1.54) is 28.8 Å². The van der Waals surface area contributed by atoms with Crippen molar-refractivity contribution in [1.82, 2.24) is 10.2 Å². The van der Waals surface area contributed by atoms with Crippen LogP contribution in [-0.4, -0.2) is 40.2 Å². The molecule has 0 saturated heterocycles. The van der Waals surface area contributed by atoms with E-state index >= 15 is 0 Å². The topological polar surface area (TPSA) is 102 Å². The molecule has 1 aromatic heterocycles. The Kier molecular flexibility index (Phi) is 10.1. The van der Waals surface area contributed by atoms with E-state index in [2.05, 4.69) is 10.2 Å². The van der Waals surface area contributed by atoms with E-state index in [4.69, 9.17) is 9.47 Å². The number of thioether (sulfide) groups is 1. The summed E-state index contributed by atoms with van der Waals surface area (Å²) in [4.78, 5) is 28.5. The Morgan fingerprint density at radius 1 is 1.05 bits per heavy atom. The zero-order valence-electron chi connectivity index (χ0n) is 24.1. The van der Waals surface area contributed by atoms with E-state index in [1.807, 2.05) is 44.2 Å². The Labute approximate surface area is 262 Å². The standard InChI is InChI=1S/C33H30FN3O5S2/c1-3-18-42-26-17-15-22(19-27(26)41-4-2)29-28(25(38)16-14-21-10-6-5-7-11-21)30(39)31(40)37(29)32-35-36-33(44-32)43-20-23-12-8-9-13-24(23)34/h5-17,19,29,39H,3-4,18,20H2,1-2H3. The normalized spacial score (nSPS) is 14.9. The van der Waals surface area contributed by atoms with Crippen LogP contribution >= 0.6 is 23.1 Å². The number of carbonyl (C=O) groups excluding carboxylic acids is 2. The second-order valence-electron chi connectivity index (χ2n) is 9.67. The van der Waals surface area contributed by atoms with Crippen molar-refractivity contribution in [3.8, 4) is 11.5 Å². The van der Waals surface area contributed by atoms with Crippen molar-refractivity contribution < 1.29 is 28.6 Å². The molecule has 2 heterocycles. The van der Waals surface area contributed by atoms with Crippen LogP contribution in [0.15, 0.2) is 94.5 Å². The maximum Gasteiger partial charge on any atom is 0.296 e. The first kappa shape index (κ1) is 31.0. The molecule has 0 spiro atoms. The number of allylic oxidation sites excluding steroid dienone is 1. The van der Waals surface area contributed by atoms with Crippen molar-refractivity contribution in [3.05, 3.63) is 113 Å². The highest BCUT2D eigenvalue weighted by atomic mass is 32.2. The number of halogens is 1. The van der Waals surface area contributed by atoms with Crippen molar-refractivity contribution in [1.29, 1.82) is 0 Å². The van der Waals surface area contributed by atoms with Crippen LogP contribution in [0.1, 0.15) is 43.0 Å². The predicted octanol–water partition coefficient (Wildman–Crippen LogP) is 7.34. The summed E-state index contributed by atoms with van der Waals surface area (Å²) >= 11 is 2.39. The lowest BCUT2D eigenvalue weighted by atomic mass is 9.95. The molecule has 1 aliphatic rings. The fourth-order valence-corrected chi connectivity index (χ4v) is 6.46. The molecule has 1 unspecified atom stereocenters. The van der Waals surface area contributed by atoms with E-state index in [9.17, 15) is 19.1 Å². The average Bonchev–Trinajstić information content (AvgIpc) is 3.61. The van der Waals surface area contributed by atoms with Gasteiger partial charge in [-0.2, -0.15) is 0 Å². The van der Waals surface area contributed by atoms with E-state index < -0.39 is 23.5 Å². The Bertz CT molecular complexity index is 1710. The molecule has 1 amide bonds. The molecule has 0 fully saturated rings. The fraction of sp³-hybridized carbons (Fsp3) is 0.212. The van der Waals surface area contributed by atoms with E-state index in [0.29, 0.717) is 45.9 Å². The first-order valence-electron chi connectivity index (χ1n) is 14.0. The number of nitrogens with zero attached hydrogens (tertiary/aromatic N) is 3. The van der Waals surface area contributed by atoms with Gasteiger partial charge in [-0.1, -0.05) is 90.7 Å². The van der Waals surface area contributed by atoms with Crippen LogP contribution in [0.5, 0.6) is 11.5 Å². The number of ketones is 1. The number of carbonyl (C=O) groups is 2. The molecule has 4 aromatic rings. The van der Waals surface area contributed by atoms with Gasteiger partial charge >= 0.3 is 0 Å². The van der Waals surface area contributed by atoms with E-state index in [1.54, 1.807) is 42.5 Å². The molecule has 0 aliphatic carbocycles. The van der Waals surface area contributed by atoms with Gasteiger partial charge in [0, 0.05) is 5.75 Å². The molecule has 3 aromatic carbocycles. The van der Waals surface area contributed by atoms with Gasteiger partial charge in [0.15, 0.2) is 27.4 Å². The highest BCUT2D eigenvalue weighted by Gasteiger charge is 2.45. The number of anilines is 1. The van der Waals surface area contributed by atoms with Gasteiger partial charge in [-0.15, -0.1) is 10.2 Å². The van der Waals surface area contributed by atoms with Crippen molar-refractivity contribution in [3.63, 3.8) is 0 Å². The summed E-state index contributed by atoms with van der Waals surface area (Å²) < 4.78 is 26.4. The number of hydrogen-bond donors (Lipinski definition) is 1. The Morgan fingerprint density at radius 2 is 1.82 bits per heavy atom. The van der Waals surface area contributed by atoms with E-state index in [-0.39, 0.29) is 16.5 Å². The highest BCUT2D eigenvalue weighted by molar-refractivity contribution is 8.00. The van der Waals surface area contributed by atoms with Gasteiger partial charge in [0.2, 0.25) is 5.13 Å². The van der Waals surface area contributed by atoms with Crippen molar-refractivity contribution in [2.75, 3.05) is 18.1 Å². The first-order valence-corrected chi connectivity index (χ1v) is 15.8. The lowest BCUT2D eigenvalue weighted by molar-refractivity contribution is -0.117. The quantitative estimate of drug-likeness (QED) is 0.0929. The minimum atomic E-state index is -1.02.